The van der Waals surface area contributed by atoms with Gasteiger partial charge in [-0.25, -0.2) is 0 Å². The molecule has 1 amide bonds. The van der Waals surface area contributed by atoms with Gasteiger partial charge in [0.05, 0.1) is 31.4 Å². The third kappa shape index (κ3) is 4.39. The fourth-order valence-electron chi connectivity index (χ4n) is 4.14. The maximum atomic E-state index is 13.4. The summed E-state index contributed by atoms with van der Waals surface area (Å²) in [5.74, 6) is -1.88. The van der Waals surface area contributed by atoms with Crippen LogP contribution < -0.4 is 14.4 Å². The summed E-state index contributed by atoms with van der Waals surface area (Å²) in [6.45, 7) is 1.85. The number of hydrogen-bond acceptors (Lipinski definition) is 5. The number of benzene rings is 3. The molecule has 1 atom stereocenters. The summed E-state index contributed by atoms with van der Waals surface area (Å²) in [4.78, 5) is 27.4. The molecule has 0 saturated carbocycles. The first-order chi connectivity index (χ1) is 17.1. The van der Waals surface area contributed by atoms with Gasteiger partial charge in [0, 0.05) is 11.3 Å². The monoisotopic (exact) mass is 497 g/mol. The van der Waals surface area contributed by atoms with Gasteiger partial charge in [-0.1, -0.05) is 42.0 Å². The van der Waals surface area contributed by atoms with Gasteiger partial charge >= 0.3 is 6.18 Å². The predicted octanol–water partition coefficient (Wildman–Crippen LogP) is 5.66. The van der Waals surface area contributed by atoms with E-state index in [9.17, 15) is 27.9 Å². The number of methoxy groups -OCH3 is 2. The molecule has 0 aromatic heterocycles. The maximum absolute atomic E-state index is 13.4. The van der Waals surface area contributed by atoms with Gasteiger partial charge in [0.1, 0.15) is 5.76 Å². The van der Waals surface area contributed by atoms with E-state index in [4.69, 9.17) is 9.47 Å². The zero-order valence-electron chi connectivity index (χ0n) is 19.6. The minimum absolute atomic E-state index is 0.144. The molecular weight excluding hydrogens is 475 g/mol. The first kappa shape index (κ1) is 24.8. The van der Waals surface area contributed by atoms with Crippen LogP contribution in [0.3, 0.4) is 0 Å². The van der Waals surface area contributed by atoms with Crippen molar-refractivity contribution >= 4 is 23.1 Å². The summed E-state index contributed by atoms with van der Waals surface area (Å²) < 4.78 is 50.9. The molecule has 1 aliphatic rings. The molecule has 1 saturated heterocycles. The fraction of sp³-hybridized carbons (Fsp3) is 0.185. The smallest absolute Gasteiger partial charge is 0.416 e. The summed E-state index contributed by atoms with van der Waals surface area (Å²) in [6.07, 6.45) is -4.66. The summed E-state index contributed by atoms with van der Waals surface area (Å²) in [5.41, 5.74) is 0.146. The van der Waals surface area contributed by atoms with Crippen molar-refractivity contribution in [1.82, 2.24) is 0 Å². The largest absolute Gasteiger partial charge is 0.507 e. The Labute approximate surface area is 205 Å². The molecule has 0 radical (unpaired) electrons. The number of alkyl halides is 3. The number of aryl methyl sites for hydroxylation is 1. The lowest BCUT2D eigenvalue weighted by Crippen LogP contribution is -2.29. The average Bonchev–Trinajstić information content (AvgIpc) is 3.13. The van der Waals surface area contributed by atoms with Crippen LogP contribution in [0.2, 0.25) is 0 Å². The van der Waals surface area contributed by atoms with Gasteiger partial charge in [-0.05, 0) is 42.8 Å². The van der Waals surface area contributed by atoms with Crippen LogP contribution in [0.1, 0.15) is 28.3 Å². The van der Waals surface area contributed by atoms with E-state index in [-0.39, 0.29) is 22.6 Å². The second-order valence-electron chi connectivity index (χ2n) is 8.20. The average molecular weight is 497 g/mol. The van der Waals surface area contributed by atoms with Crippen molar-refractivity contribution in [3.63, 3.8) is 0 Å². The van der Waals surface area contributed by atoms with Crippen LogP contribution in [-0.2, 0) is 15.8 Å². The van der Waals surface area contributed by atoms with E-state index in [1.165, 1.54) is 26.4 Å². The van der Waals surface area contributed by atoms with E-state index < -0.39 is 35.2 Å². The van der Waals surface area contributed by atoms with Crippen molar-refractivity contribution < 1.29 is 37.3 Å². The number of Topliss-reactive ketones (excluding diaryl/α,β-unsaturated/α-hetero) is 1. The lowest BCUT2D eigenvalue weighted by Gasteiger charge is -2.26. The van der Waals surface area contributed by atoms with Crippen molar-refractivity contribution in [2.24, 2.45) is 0 Å². The van der Waals surface area contributed by atoms with Crippen LogP contribution in [0, 0.1) is 6.92 Å². The summed E-state index contributed by atoms with van der Waals surface area (Å²) in [5, 5.41) is 11.2. The molecule has 0 spiro atoms. The van der Waals surface area contributed by atoms with E-state index in [0.717, 1.165) is 28.7 Å². The molecule has 3 aromatic rings. The van der Waals surface area contributed by atoms with Crippen LogP contribution in [0.5, 0.6) is 11.5 Å². The molecule has 9 heteroatoms. The topological polar surface area (TPSA) is 76.1 Å². The first-order valence-electron chi connectivity index (χ1n) is 10.8. The van der Waals surface area contributed by atoms with Gasteiger partial charge in [0.2, 0.25) is 0 Å². The second-order valence-corrected chi connectivity index (χ2v) is 8.20. The molecule has 1 N–H and O–H groups in total. The van der Waals surface area contributed by atoms with Gasteiger partial charge in [0.15, 0.2) is 11.5 Å². The highest BCUT2D eigenvalue weighted by Gasteiger charge is 2.47. The number of amides is 1. The SMILES string of the molecule is COc1ccc([C@@H]2C(=C(O)c3ccc(C)cc3)C(=O)C(=O)N2c2cccc(C(F)(F)F)c2)cc1OC. The predicted molar refractivity (Wildman–Crippen MR) is 127 cm³/mol. The fourth-order valence-corrected chi connectivity index (χ4v) is 4.14. The minimum atomic E-state index is -4.66. The number of ketones is 1. The summed E-state index contributed by atoms with van der Waals surface area (Å²) in [7, 11) is 2.83. The zero-order valence-corrected chi connectivity index (χ0v) is 19.6. The van der Waals surface area contributed by atoms with E-state index >= 15 is 0 Å². The Hall–Kier alpha value is -4.27. The van der Waals surface area contributed by atoms with Crippen LogP contribution in [0.15, 0.2) is 72.3 Å². The first-order valence-corrected chi connectivity index (χ1v) is 10.8. The van der Waals surface area contributed by atoms with Gasteiger partial charge in [0.25, 0.3) is 11.7 Å². The third-order valence-electron chi connectivity index (χ3n) is 5.94. The summed E-state index contributed by atoms with van der Waals surface area (Å²) >= 11 is 0. The molecule has 0 aliphatic carbocycles. The van der Waals surface area contributed by atoms with Gasteiger partial charge in [-0.3, -0.25) is 14.5 Å². The van der Waals surface area contributed by atoms with Gasteiger partial charge < -0.3 is 14.6 Å². The minimum Gasteiger partial charge on any atom is -0.507 e. The van der Waals surface area contributed by atoms with E-state index in [0.29, 0.717) is 11.3 Å². The van der Waals surface area contributed by atoms with Crippen molar-refractivity contribution in [2.45, 2.75) is 19.1 Å². The molecular formula is C27H22F3NO5. The molecule has 0 unspecified atom stereocenters. The number of aliphatic hydroxyl groups excluding tert-OH is 1. The highest BCUT2D eigenvalue weighted by atomic mass is 19.4. The maximum Gasteiger partial charge on any atom is 0.416 e. The number of hydrogen-bond donors (Lipinski definition) is 1. The Kier molecular flexibility index (Phi) is 6.49. The van der Waals surface area contributed by atoms with Gasteiger partial charge in [-0.15, -0.1) is 0 Å². The number of carbonyl (C=O) groups excluding carboxylic acids is 2. The van der Waals surface area contributed by atoms with Crippen molar-refractivity contribution in [3.05, 3.63) is 94.6 Å². The molecule has 0 bridgehead atoms. The number of anilines is 1. The van der Waals surface area contributed by atoms with Crippen molar-refractivity contribution in [2.75, 3.05) is 19.1 Å². The van der Waals surface area contributed by atoms with E-state index in [2.05, 4.69) is 0 Å². The highest BCUT2D eigenvalue weighted by molar-refractivity contribution is 6.51. The quantitative estimate of drug-likeness (QED) is 0.280. The number of nitrogens with zero attached hydrogens (tertiary/aromatic N) is 1. The number of carbonyl (C=O) groups is 2. The number of ether oxygens (including phenoxy) is 2. The molecule has 3 aromatic carbocycles. The molecule has 1 heterocycles. The Bertz CT molecular complexity index is 1360. The zero-order chi connectivity index (χ0) is 26.2. The number of halogens is 3. The molecule has 36 heavy (non-hydrogen) atoms. The Balaban J connectivity index is 1.97. The third-order valence-corrected chi connectivity index (χ3v) is 5.94. The normalized spacial score (nSPS) is 17.4. The Morgan fingerprint density at radius 1 is 0.917 bits per heavy atom. The van der Waals surface area contributed by atoms with Crippen LogP contribution in [0.25, 0.3) is 5.76 Å². The number of rotatable bonds is 5. The molecule has 1 fully saturated rings. The molecule has 186 valence electrons. The second kappa shape index (κ2) is 9.41. The highest BCUT2D eigenvalue weighted by Crippen LogP contribution is 2.45. The van der Waals surface area contributed by atoms with Crippen LogP contribution in [0.4, 0.5) is 18.9 Å². The van der Waals surface area contributed by atoms with Gasteiger partial charge in [-0.2, -0.15) is 13.2 Å². The lowest BCUT2D eigenvalue weighted by atomic mass is 9.94. The Morgan fingerprint density at radius 3 is 2.19 bits per heavy atom. The summed E-state index contributed by atoms with van der Waals surface area (Å²) in [6, 6.07) is 14.2. The van der Waals surface area contributed by atoms with Crippen molar-refractivity contribution in [1.29, 1.82) is 0 Å². The van der Waals surface area contributed by atoms with Crippen LogP contribution in [-0.4, -0.2) is 31.0 Å². The molecule has 1 aliphatic heterocycles. The molecule has 6 nitrogen and oxygen atoms in total. The molecule has 4 rings (SSSR count). The Morgan fingerprint density at radius 2 is 1.58 bits per heavy atom. The number of aliphatic hydroxyl groups is 1. The van der Waals surface area contributed by atoms with Crippen molar-refractivity contribution in [3.8, 4) is 11.5 Å². The van der Waals surface area contributed by atoms with E-state index in [1.807, 2.05) is 6.92 Å². The van der Waals surface area contributed by atoms with Crippen LogP contribution >= 0.6 is 0 Å². The lowest BCUT2D eigenvalue weighted by molar-refractivity contribution is -0.137. The standard InChI is InChI=1S/C27H22F3NO5/c1-15-7-9-16(10-8-15)24(32)22-23(17-11-12-20(35-2)21(13-17)36-3)31(26(34)25(22)33)19-6-4-5-18(14-19)27(28,29)30/h4-14,23,32H,1-3H3/t23-/m1/s1. The van der Waals surface area contributed by atoms with E-state index in [1.54, 1.807) is 36.4 Å².